The van der Waals surface area contributed by atoms with Gasteiger partial charge in [-0.05, 0) is 25.1 Å². The van der Waals surface area contributed by atoms with E-state index in [0.29, 0.717) is 22.0 Å². The van der Waals surface area contributed by atoms with E-state index in [1.165, 1.54) is 23.9 Å². The van der Waals surface area contributed by atoms with Crippen LogP contribution in [0, 0.1) is 0 Å². The highest BCUT2D eigenvalue weighted by molar-refractivity contribution is 6.30. The molecule has 8 nitrogen and oxygen atoms in total. The van der Waals surface area contributed by atoms with Crippen molar-refractivity contribution in [2.24, 2.45) is 7.05 Å². The van der Waals surface area contributed by atoms with Gasteiger partial charge in [0.05, 0.1) is 24.3 Å². The molecule has 0 aliphatic carbocycles. The van der Waals surface area contributed by atoms with Crippen LogP contribution >= 0.6 is 11.6 Å². The Morgan fingerprint density at radius 1 is 1.30 bits per heavy atom. The van der Waals surface area contributed by atoms with E-state index >= 15 is 0 Å². The van der Waals surface area contributed by atoms with Crippen LogP contribution in [0.2, 0.25) is 5.02 Å². The molecule has 0 saturated carbocycles. The van der Waals surface area contributed by atoms with Crippen LogP contribution in [0.4, 0.5) is 0 Å². The first kappa shape index (κ1) is 18.4. The molecule has 3 rings (SSSR count). The summed E-state index contributed by atoms with van der Waals surface area (Å²) in [4.78, 5) is 25.3. The van der Waals surface area contributed by atoms with Crippen molar-refractivity contribution in [3.63, 3.8) is 0 Å². The Morgan fingerprint density at radius 2 is 2.00 bits per heavy atom. The average Bonchev–Trinajstić information content (AvgIpc) is 3.08. The van der Waals surface area contributed by atoms with E-state index in [4.69, 9.17) is 16.7 Å². The highest BCUT2D eigenvalue weighted by Crippen LogP contribution is 2.20. The van der Waals surface area contributed by atoms with Crippen LogP contribution in [-0.2, 0) is 7.05 Å². The van der Waals surface area contributed by atoms with Crippen LogP contribution in [0.1, 0.15) is 17.3 Å². The summed E-state index contributed by atoms with van der Waals surface area (Å²) in [5.74, 6) is -0.655. The second-order valence-corrected chi connectivity index (χ2v) is 6.24. The van der Waals surface area contributed by atoms with Gasteiger partial charge in [-0.25, -0.2) is 0 Å². The van der Waals surface area contributed by atoms with E-state index in [1.54, 1.807) is 37.5 Å². The molecule has 9 heteroatoms. The first-order valence-electron chi connectivity index (χ1n) is 7.90. The number of aryl methyl sites for hydroxylation is 1. The fourth-order valence-corrected chi connectivity index (χ4v) is 2.52. The van der Waals surface area contributed by atoms with E-state index in [9.17, 15) is 9.59 Å². The number of rotatable bonds is 4. The van der Waals surface area contributed by atoms with Gasteiger partial charge in [-0.1, -0.05) is 23.7 Å². The van der Waals surface area contributed by atoms with E-state index in [0.717, 1.165) is 10.9 Å². The molecule has 0 bridgehead atoms. The SMILES string of the molecule is C/C(=C\O)NC(=O)c1cc(-c2ccc(Cl)cc2)nn(-c2cnn(C)c2)c1=O. The van der Waals surface area contributed by atoms with Crippen molar-refractivity contribution >= 4 is 17.5 Å². The monoisotopic (exact) mass is 385 g/mol. The molecule has 0 unspecified atom stereocenters. The maximum atomic E-state index is 12.8. The lowest BCUT2D eigenvalue weighted by molar-refractivity contribution is 0.0962. The summed E-state index contributed by atoms with van der Waals surface area (Å²) in [6.07, 6.45) is 3.83. The molecule has 0 atom stereocenters. The van der Waals surface area contributed by atoms with Gasteiger partial charge in [-0.2, -0.15) is 14.9 Å². The summed E-state index contributed by atoms with van der Waals surface area (Å²) < 4.78 is 2.64. The molecule has 0 fully saturated rings. The number of halogens is 1. The van der Waals surface area contributed by atoms with E-state index in [-0.39, 0.29) is 11.3 Å². The highest BCUT2D eigenvalue weighted by atomic mass is 35.5. The zero-order valence-electron chi connectivity index (χ0n) is 14.5. The minimum Gasteiger partial charge on any atom is -0.514 e. The maximum absolute atomic E-state index is 12.8. The van der Waals surface area contributed by atoms with Crippen molar-refractivity contribution < 1.29 is 9.90 Å². The van der Waals surface area contributed by atoms with Gasteiger partial charge in [0.15, 0.2) is 0 Å². The second kappa shape index (κ2) is 7.46. The molecule has 2 aromatic heterocycles. The summed E-state index contributed by atoms with van der Waals surface area (Å²) in [5, 5.41) is 20.4. The zero-order valence-corrected chi connectivity index (χ0v) is 15.3. The number of benzene rings is 1. The molecule has 2 N–H and O–H groups in total. The minimum absolute atomic E-state index is 0.125. The van der Waals surface area contributed by atoms with Crippen LogP contribution in [-0.4, -0.2) is 30.6 Å². The predicted octanol–water partition coefficient (Wildman–Crippen LogP) is 2.44. The van der Waals surface area contributed by atoms with Gasteiger partial charge in [0.1, 0.15) is 11.3 Å². The van der Waals surface area contributed by atoms with Crippen molar-refractivity contribution in [2.45, 2.75) is 6.92 Å². The third kappa shape index (κ3) is 3.90. The molecule has 0 spiro atoms. The Morgan fingerprint density at radius 3 is 2.59 bits per heavy atom. The van der Waals surface area contributed by atoms with Gasteiger partial charge in [-0.3, -0.25) is 14.3 Å². The molecule has 0 saturated heterocycles. The van der Waals surface area contributed by atoms with E-state index in [2.05, 4.69) is 15.5 Å². The molecule has 2 heterocycles. The van der Waals surface area contributed by atoms with Gasteiger partial charge >= 0.3 is 0 Å². The van der Waals surface area contributed by atoms with Crippen LogP contribution in [0.25, 0.3) is 16.9 Å². The predicted molar refractivity (Wildman–Crippen MR) is 101 cm³/mol. The number of nitrogens with one attached hydrogen (secondary N) is 1. The van der Waals surface area contributed by atoms with Crippen molar-refractivity contribution in [1.82, 2.24) is 24.9 Å². The largest absolute Gasteiger partial charge is 0.514 e. The van der Waals surface area contributed by atoms with Gasteiger partial charge in [0.25, 0.3) is 11.5 Å². The number of hydrogen-bond acceptors (Lipinski definition) is 5. The van der Waals surface area contributed by atoms with E-state index in [1.807, 2.05) is 0 Å². The Balaban J connectivity index is 2.20. The molecule has 138 valence electrons. The van der Waals surface area contributed by atoms with Crippen molar-refractivity contribution in [3.8, 4) is 16.9 Å². The lowest BCUT2D eigenvalue weighted by atomic mass is 10.1. The van der Waals surface area contributed by atoms with Crippen molar-refractivity contribution in [1.29, 1.82) is 0 Å². The number of aliphatic hydroxyl groups excluding tert-OH is 1. The number of hydrogen-bond donors (Lipinski definition) is 2. The summed E-state index contributed by atoms with van der Waals surface area (Å²) in [6, 6.07) is 8.26. The van der Waals surface area contributed by atoms with E-state index < -0.39 is 11.5 Å². The lowest BCUT2D eigenvalue weighted by Gasteiger charge is -2.10. The number of nitrogens with zero attached hydrogens (tertiary/aromatic N) is 4. The van der Waals surface area contributed by atoms with Crippen LogP contribution in [0.3, 0.4) is 0 Å². The lowest BCUT2D eigenvalue weighted by Crippen LogP contribution is -2.33. The number of aromatic nitrogens is 4. The molecule has 0 radical (unpaired) electrons. The minimum atomic E-state index is -0.655. The molecule has 27 heavy (non-hydrogen) atoms. The van der Waals surface area contributed by atoms with Gasteiger partial charge in [-0.15, -0.1) is 0 Å². The normalized spacial score (nSPS) is 11.4. The zero-order chi connectivity index (χ0) is 19.6. The van der Waals surface area contributed by atoms with Crippen molar-refractivity contribution in [2.75, 3.05) is 0 Å². The fourth-order valence-electron chi connectivity index (χ4n) is 2.39. The number of amides is 1. The summed E-state index contributed by atoms with van der Waals surface area (Å²) in [6.45, 7) is 1.50. The second-order valence-electron chi connectivity index (χ2n) is 5.81. The summed E-state index contributed by atoms with van der Waals surface area (Å²) in [7, 11) is 1.71. The maximum Gasteiger partial charge on any atom is 0.284 e. The third-order valence-electron chi connectivity index (χ3n) is 3.74. The average molecular weight is 386 g/mol. The number of carbonyl (C=O) groups excluding carboxylic acids is 1. The highest BCUT2D eigenvalue weighted by Gasteiger charge is 2.18. The van der Waals surface area contributed by atoms with Gasteiger partial charge in [0.2, 0.25) is 0 Å². The fraction of sp³-hybridized carbons (Fsp3) is 0.111. The van der Waals surface area contributed by atoms with Crippen LogP contribution < -0.4 is 10.9 Å². The Labute approximate surface area is 159 Å². The first-order chi connectivity index (χ1) is 12.9. The number of carbonyl (C=O) groups is 1. The van der Waals surface area contributed by atoms with Gasteiger partial charge in [0, 0.05) is 23.3 Å². The Bertz CT molecular complexity index is 1080. The number of allylic oxidation sites excluding steroid dienone is 1. The molecular weight excluding hydrogens is 370 g/mol. The molecule has 0 aliphatic heterocycles. The quantitative estimate of drug-likeness (QED) is 0.671. The summed E-state index contributed by atoms with van der Waals surface area (Å²) in [5.41, 5.74) is 0.981. The first-order valence-corrected chi connectivity index (χ1v) is 8.28. The van der Waals surface area contributed by atoms with Crippen LogP contribution in [0.5, 0.6) is 0 Å². The topological polar surface area (TPSA) is 102 Å². The number of aliphatic hydroxyl groups is 1. The molecule has 0 aliphatic rings. The molecule has 1 aromatic carbocycles. The summed E-state index contributed by atoms with van der Waals surface area (Å²) >= 11 is 5.93. The molecule has 3 aromatic rings. The Kier molecular flexibility index (Phi) is 5.09. The van der Waals surface area contributed by atoms with Gasteiger partial charge < -0.3 is 10.4 Å². The molecule has 1 amide bonds. The third-order valence-corrected chi connectivity index (χ3v) is 3.99. The Hall–Kier alpha value is -3.39. The molecular formula is C18H16ClN5O3. The smallest absolute Gasteiger partial charge is 0.284 e. The van der Waals surface area contributed by atoms with Crippen LogP contribution in [0.15, 0.2) is 59.5 Å². The standard InChI is InChI=1S/C18H16ClN5O3/c1-11(10-25)21-17(26)15-7-16(12-3-5-13(19)6-4-12)22-24(18(15)27)14-8-20-23(2)9-14/h3-10,25H,1-2H3,(H,21,26)/b11-10+. The van der Waals surface area contributed by atoms with Crippen molar-refractivity contribution in [3.05, 3.63) is 75.6 Å².